The molecule has 2 amide bonds. The summed E-state index contributed by atoms with van der Waals surface area (Å²) >= 11 is 6.12. The minimum Gasteiger partial charge on any atom is -0.404 e. The summed E-state index contributed by atoms with van der Waals surface area (Å²) in [4.78, 5) is 12.6. The quantitative estimate of drug-likeness (QED) is 0.483. The second-order valence-corrected chi connectivity index (χ2v) is 8.57. The van der Waals surface area contributed by atoms with Gasteiger partial charge in [0.15, 0.2) is 0 Å². The van der Waals surface area contributed by atoms with Gasteiger partial charge in [-0.25, -0.2) is 9.80 Å². The first-order valence-electron chi connectivity index (χ1n) is 10.7. The number of fused-ring (bicyclic) bond motifs is 1. The molecule has 1 aliphatic rings. The van der Waals surface area contributed by atoms with Crippen molar-refractivity contribution in [1.82, 2.24) is 15.5 Å². The highest BCUT2D eigenvalue weighted by Crippen LogP contribution is 2.36. The summed E-state index contributed by atoms with van der Waals surface area (Å²) in [6.07, 6.45) is -4.60. The summed E-state index contributed by atoms with van der Waals surface area (Å²) in [6, 6.07) is 9.03. The van der Waals surface area contributed by atoms with Crippen LogP contribution in [0.5, 0.6) is 5.75 Å². The van der Waals surface area contributed by atoms with Gasteiger partial charge in [-0.05, 0) is 50.5 Å². The third-order valence-electron chi connectivity index (χ3n) is 5.68. The van der Waals surface area contributed by atoms with Crippen LogP contribution in [0.1, 0.15) is 35.1 Å². The smallest absolute Gasteiger partial charge is 0.404 e. The molecule has 1 aromatic heterocycles. The molecule has 0 aliphatic carbocycles. The molecule has 4 rings (SSSR count). The van der Waals surface area contributed by atoms with Crippen molar-refractivity contribution in [3.63, 3.8) is 0 Å². The molecule has 1 unspecified atom stereocenters. The van der Waals surface area contributed by atoms with Crippen LogP contribution in [-0.4, -0.2) is 41.4 Å². The fourth-order valence-electron chi connectivity index (χ4n) is 4.11. The van der Waals surface area contributed by atoms with Crippen molar-refractivity contribution in [3.05, 3.63) is 69.6 Å². The third-order valence-corrected chi connectivity index (χ3v) is 5.98. The van der Waals surface area contributed by atoms with Crippen LogP contribution in [0.25, 0.3) is 11.1 Å². The number of alkyl halides is 3. The van der Waals surface area contributed by atoms with Gasteiger partial charge in [0.2, 0.25) is 0 Å². The van der Waals surface area contributed by atoms with E-state index in [0.29, 0.717) is 34.6 Å². The van der Waals surface area contributed by atoms with E-state index in [1.54, 1.807) is 19.1 Å². The number of aromatic nitrogens is 1. The van der Waals surface area contributed by atoms with Gasteiger partial charge in [0.1, 0.15) is 11.5 Å². The summed E-state index contributed by atoms with van der Waals surface area (Å²) in [5.41, 5.74) is 4.36. The van der Waals surface area contributed by atoms with Gasteiger partial charge in [-0.1, -0.05) is 41.0 Å². The van der Waals surface area contributed by atoms with E-state index in [0.717, 1.165) is 16.8 Å². The fourth-order valence-corrected chi connectivity index (χ4v) is 4.34. The first kappa shape index (κ1) is 24.6. The van der Waals surface area contributed by atoms with Gasteiger partial charge in [0, 0.05) is 23.7 Å². The summed E-state index contributed by atoms with van der Waals surface area (Å²) in [5, 5.41) is 12.2. The van der Waals surface area contributed by atoms with Crippen LogP contribution in [0, 0.1) is 13.8 Å². The van der Waals surface area contributed by atoms with E-state index in [-0.39, 0.29) is 5.02 Å². The van der Waals surface area contributed by atoms with Crippen molar-refractivity contribution < 1.29 is 27.2 Å². The monoisotopic (exact) mass is 506 g/mol. The van der Waals surface area contributed by atoms with Crippen LogP contribution in [0.15, 0.2) is 46.0 Å². The van der Waals surface area contributed by atoms with Gasteiger partial charge in [-0.15, -0.1) is 13.2 Å². The fraction of sp³-hybridized carbons (Fsp3) is 0.292. The lowest BCUT2D eigenvalue weighted by Gasteiger charge is -2.22. The Morgan fingerprint density at radius 2 is 1.86 bits per heavy atom. The van der Waals surface area contributed by atoms with Gasteiger partial charge in [0.05, 0.1) is 22.5 Å². The van der Waals surface area contributed by atoms with Crippen LogP contribution in [0.4, 0.5) is 18.0 Å². The number of rotatable bonds is 3. The molecule has 0 saturated heterocycles. The number of ether oxygens (including phenoxy) is 1. The lowest BCUT2D eigenvalue weighted by molar-refractivity contribution is -0.274. The zero-order valence-corrected chi connectivity index (χ0v) is 20.1. The van der Waals surface area contributed by atoms with E-state index in [2.05, 4.69) is 20.3 Å². The molecule has 1 atom stereocenters. The largest absolute Gasteiger partial charge is 0.573 e. The predicted octanol–water partition coefficient (Wildman–Crippen LogP) is 5.85. The molecule has 0 radical (unpaired) electrons. The van der Waals surface area contributed by atoms with Gasteiger partial charge in [0.25, 0.3) is 0 Å². The molecule has 2 aromatic carbocycles. The molecule has 11 heteroatoms. The number of nitrogens with one attached hydrogen (secondary N) is 1. The molecular weight excluding hydrogens is 485 g/mol. The first-order chi connectivity index (χ1) is 16.5. The predicted molar refractivity (Wildman–Crippen MR) is 125 cm³/mol. The van der Waals surface area contributed by atoms with Gasteiger partial charge in [-0.3, -0.25) is 0 Å². The van der Waals surface area contributed by atoms with Crippen molar-refractivity contribution in [3.8, 4) is 16.9 Å². The Morgan fingerprint density at radius 3 is 2.43 bits per heavy atom. The number of urea groups is 1. The Bertz CT molecular complexity index is 1280. The van der Waals surface area contributed by atoms with Gasteiger partial charge < -0.3 is 14.6 Å². The molecule has 0 saturated carbocycles. The number of nitrogens with zero attached hydrogens (tertiary/aromatic N) is 3. The zero-order valence-electron chi connectivity index (χ0n) is 19.3. The zero-order chi connectivity index (χ0) is 25.5. The average Bonchev–Trinajstić information content (AvgIpc) is 3.05. The van der Waals surface area contributed by atoms with Crippen molar-refractivity contribution in [2.45, 2.75) is 39.6 Å². The number of carbonyl (C=O) groups is 1. The lowest BCUT2D eigenvalue weighted by atomic mass is 9.93. The number of benzene rings is 2. The Labute approximate surface area is 204 Å². The number of aryl methyl sites for hydroxylation is 2. The Balaban J connectivity index is 1.87. The topological polar surface area (TPSA) is 80.0 Å². The molecule has 2 heterocycles. The van der Waals surface area contributed by atoms with Crippen LogP contribution >= 0.6 is 11.6 Å². The molecule has 1 N–H and O–H groups in total. The lowest BCUT2D eigenvalue weighted by Crippen LogP contribution is -2.41. The van der Waals surface area contributed by atoms with Crippen molar-refractivity contribution in [2.24, 2.45) is 5.10 Å². The number of hydrogen-bond donors (Lipinski definition) is 1. The molecule has 0 spiro atoms. The highest BCUT2D eigenvalue weighted by Gasteiger charge is 2.34. The molecule has 3 aromatic rings. The SMILES string of the molecule is CNC(=O)N1N=C(c2ccc(-c3c(C)noc3C)cc2)c2cc(OC(F)(F)F)c(Cl)cc2CC1C. The van der Waals surface area contributed by atoms with Crippen LogP contribution in [-0.2, 0) is 6.42 Å². The number of amides is 2. The van der Waals surface area contributed by atoms with E-state index in [1.165, 1.54) is 24.2 Å². The summed E-state index contributed by atoms with van der Waals surface area (Å²) in [7, 11) is 1.48. The average molecular weight is 507 g/mol. The first-order valence-corrected chi connectivity index (χ1v) is 11.1. The second-order valence-electron chi connectivity index (χ2n) is 8.17. The van der Waals surface area contributed by atoms with Gasteiger partial charge >= 0.3 is 12.4 Å². The maximum atomic E-state index is 13.0. The van der Waals surface area contributed by atoms with Crippen molar-refractivity contribution in [2.75, 3.05) is 7.05 Å². The molecule has 0 bridgehead atoms. The highest BCUT2D eigenvalue weighted by atomic mass is 35.5. The number of hydrogen-bond acceptors (Lipinski definition) is 5. The van der Waals surface area contributed by atoms with E-state index in [9.17, 15) is 18.0 Å². The van der Waals surface area contributed by atoms with Crippen LogP contribution in [0.3, 0.4) is 0 Å². The second kappa shape index (κ2) is 9.26. The Morgan fingerprint density at radius 1 is 1.20 bits per heavy atom. The van der Waals surface area contributed by atoms with E-state index in [4.69, 9.17) is 16.1 Å². The molecule has 35 heavy (non-hydrogen) atoms. The maximum Gasteiger partial charge on any atom is 0.573 e. The van der Waals surface area contributed by atoms with Crippen LogP contribution < -0.4 is 10.1 Å². The molecule has 0 fully saturated rings. The Hall–Kier alpha value is -3.53. The highest BCUT2D eigenvalue weighted by molar-refractivity contribution is 6.32. The van der Waals surface area contributed by atoms with Crippen LogP contribution in [0.2, 0.25) is 5.02 Å². The van der Waals surface area contributed by atoms with E-state index >= 15 is 0 Å². The van der Waals surface area contributed by atoms with Crippen molar-refractivity contribution >= 4 is 23.3 Å². The number of hydrazone groups is 1. The number of carbonyl (C=O) groups excluding carboxylic acids is 1. The minimum atomic E-state index is -4.92. The maximum absolute atomic E-state index is 13.0. The summed E-state index contributed by atoms with van der Waals surface area (Å²) < 4.78 is 48.4. The number of halogens is 4. The molecule has 1 aliphatic heterocycles. The minimum absolute atomic E-state index is 0.185. The standard InChI is InChI=1S/C24H22ClF3N4O3/c1-12-9-17-10-19(25)20(34-24(26,27)28)11-18(17)22(30-32(12)23(33)29-4)16-7-5-15(6-8-16)21-13(2)31-35-14(21)3/h5-8,10-12H,9H2,1-4H3,(H,29,33). The summed E-state index contributed by atoms with van der Waals surface area (Å²) in [5.74, 6) is 0.120. The normalized spacial score (nSPS) is 15.8. The summed E-state index contributed by atoms with van der Waals surface area (Å²) in [6.45, 7) is 5.43. The molecule has 184 valence electrons. The van der Waals surface area contributed by atoms with E-state index < -0.39 is 24.2 Å². The Kier molecular flexibility index (Phi) is 6.50. The van der Waals surface area contributed by atoms with Crippen molar-refractivity contribution in [1.29, 1.82) is 0 Å². The van der Waals surface area contributed by atoms with E-state index in [1.807, 2.05) is 26.0 Å². The van der Waals surface area contributed by atoms with Gasteiger partial charge in [-0.2, -0.15) is 5.10 Å². The third kappa shape index (κ3) is 4.97. The molecular formula is C24H22ClF3N4O3. The molecule has 7 nitrogen and oxygen atoms in total.